The molecule has 1 fully saturated rings. The van der Waals surface area contributed by atoms with E-state index in [1.807, 2.05) is 46.0 Å². The quantitative estimate of drug-likeness (QED) is 0.465. The van der Waals surface area contributed by atoms with Gasteiger partial charge in [-0.2, -0.15) is 10.2 Å². The first kappa shape index (κ1) is 29.1. The lowest BCUT2D eigenvalue weighted by molar-refractivity contribution is 0.0286. The molecule has 10 nitrogen and oxygen atoms in total. The number of aromatic nitrogens is 2. The number of ether oxygens (including phenoxy) is 1. The summed E-state index contributed by atoms with van der Waals surface area (Å²) < 4.78 is 5.39. The second kappa shape index (κ2) is 12.9. The number of rotatable bonds is 9. The van der Waals surface area contributed by atoms with Gasteiger partial charge in [0.05, 0.1) is 12.2 Å². The molecule has 38 heavy (non-hydrogen) atoms. The smallest absolute Gasteiger partial charge is 0.410 e. The molecular formula is C27H36ClN7O3. The summed E-state index contributed by atoms with van der Waals surface area (Å²) in [6.45, 7) is 7.39. The number of nitriles is 1. The van der Waals surface area contributed by atoms with Crippen molar-refractivity contribution in [3.63, 3.8) is 0 Å². The Bertz CT molecular complexity index is 1150. The molecule has 1 saturated carbocycles. The largest absolute Gasteiger partial charge is 0.444 e. The summed E-state index contributed by atoms with van der Waals surface area (Å²) in [5.74, 6) is 0.0319. The van der Waals surface area contributed by atoms with Crippen molar-refractivity contribution in [3.05, 3.63) is 52.4 Å². The molecule has 2 amide bonds. The van der Waals surface area contributed by atoms with Gasteiger partial charge < -0.3 is 14.5 Å². The van der Waals surface area contributed by atoms with Crippen LogP contribution in [-0.4, -0.2) is 70.6 Å². The van der Waals surface area contributed by atoms with Gasteiger partial charge in [0.25, 0.3) is 5.91 Å². The second-order valence-electron chi connectivity index (χ2n) is 10.6. The van der Waals surface area contributed by atoms with Crippen LogP contribution in [0, 0.1) is 11.3 Å². The summed E-state index contributed by atoms with van der Waals surface area (Å²) >= 11 is 6.35. The van der Waals surface area contributed by atoms with Gasteiger partial charge in [0.15, 0.2) is 5.82 Å². The Kier molecular flexibility index (Phi) is 9.89. The highest BCUT2D eigenvalue weighted by atomic mass is 35.5. The Morgan fingerprint density at radius 3 is 2.42 bits per heavy atom. The van der Waals surface area contributed by atoms with E-state index in [2.05, 4.69) is 20.3 Å². The fraction of sp³-hybridized carbons (Fsp3) is 0.519. The Morgan fingerprint density at radius 1 is 1.16 bits per heavy atom. The van der Waals surface area contributed by atoms with Gasteiger partial charge in [-0.15, -0.1) is 0 Å². The topological polar surface area (TPSA) is 115 Å². The summed E-state index contributed by atoms with van der Waals surface area (Å²) in [5.41, 5.74) is 3.96. The maximum Gasteiger partial charge on any atom is 0.410 e. The van der Waals surface area contributed by atoms with E-state index in [1.54, 1.807) is 29.1 Å². The maximum atomic E-state index is 13.2. The number of carbonyl (C=O) groups is 2. The van der Waals surface area contributed by atoms with Gasteiger partial charge in [0.1, 0.15) is 16.7 Å². The van der Waals surface area contributed by atoms with E-state index in [9.17, 15) is 14.9 Å². The third-order valence-corrected chi connectivity index (χ3v) is 6.42. The van der Waals surface area contributed by atoms with Crippen LogP contribution in [0.15, 0.2) is 30.5 Å². The average Bonchev–Trinajstić information content (AvgIpc) is 3.40. The third kappa shape index (κ3) is 8.30. The second-order valence-corrected chi connectivity index (χ2v) is 11.0. The molecule has 3 rings (SSSR count). The molecule has 0 spiro atoms. The molecule has 2 aromatic rings. The minimum atomic E-state index is -0.528. The van der Waals surface area contributed by atoms with Crippen LogP contribution in [0.2, 0.25) is 5.02 Å². The van der Waals surface area contributed by atoms with Crippen molar-refractivity contribution in [1.29, 1.82) is 5.26 Å². The van der Waals surface area contributed by atoms with Crippen molar-refractivity contribution >= 4 is 29.4 Å². The SMILES string of the molecule is CN(CCN(C)C(=O)OC(C)(C)C)Cc1ccc(C(=O)NN(c2nc(C#N)ncc2Cl)C2CCCC2)cc1. The molecule has 1 heterocycles. The predicted molar refractivity (Wildman–Crippen MR) is 146 cm³/mol. The number of carbonyl (C=O) groups excluding carboxylic acids is 2. The summed E-state index contributed by atoms with van der Waals surface area (Å²) in [7, 11) is 3.70. The van der Waals surface area contributed by atoms with Crippen molar-refractivity contribution in [1.82, 2.24) is 25.2 Å². The first-order valence-corrected chi connectivity index (χ1v) is 13.1. The van der Waals surface area contributed by atoms with Crippen LogP contribution in [0.25, 0.3) is 0 Å². The molecule has 1 aromatic carbocycles. The summed E-state index contributed by atoms with van der Waals surface area (Å²) in [5, 5.41) is 11.2. The van der Waals surface area contributed by atoms with Crippen LogP contribution in [0.5, 0.6) is 0 Å². The molecule has 1 aromatic heterocycles. The van der Waals surface area contributed by atoms with Crippen LogP contribution in [0.1, 0.15) is 68.2 Å². The molecule has 0 unspecified atom stereocenters. The lowest BCUT2D eigenvalue weighted by Crippen LogP contribution is -2.48. The van der Waals surface area contributed by atoms with E-state index in [0.29, 0.717) is 31.0 Å². The highest BCUT2D eigenvalue weighted by Crippen LogP contribution is 2.30. The molecule has 204 valence electrons. The number of amides is 2. The molecule has 0 aliphatic heterocycles. The summed E-state index contributed by atoms with van der Waals surface area (Å²) in [6, 6.07) is 9.34. The van der Waals surface area contributed by atoms with Crippen molar-refractivity contribution in [2.24, 2.45) is 0 Å². The number of hydrogen-bond acceptors (Lipinski definition) is 8. The van der Waals surface area contributed by atoms with Gasteiger partial charge in [-0.25, -0.2) is 9.78 Å². The van der Waals surface area contributed by atoms with Crippen molar-refractivity contribution in [2.75, 3.05) is 32.2 Å². The van der Waals surface area contributed by atoms with Gasteiger partial charge in [-0.05, 0) is 58.4 Å². The summed E-state index contributed by atoms with van der Waals surface area (Å²) in [6.07, 6.45) is 4.89. The third-order valence-electron chi connectivity index (χ3n) is 6.16. The van der Waals surface area contributed by atoms with E-state index in [-0.39, 0.29) is 28.9 Å². The first-order valence-electron chi connectivity index (χ1n) is 12.7. The lowest BCUT2D eigenvalue weighted by atomic mass is 10.1. The predicted octanol–water partition coefficient (Wildman–Crippen LogP) is 4.39. The van der Waals surface area contributed by atoms with Crippen molar-refractivity contribution < 1.29 is 14.3 Å². The Hall–Kier alpha value is -3.42. The standard InChI is InChI=1S/C27H36ClN7O3/c1-27(2,3)38-26(37)34(5)15-14-33(4)18-19-10-12-20(13-11-19)25(36)32-35(21-8-6-7-9-21)24-22(28)17-30-23(16-29)31-24/h10-13,17,21H,6-9,14-15,18H2,1-5H3,(H,32,36). The zero-order valence-electron chi connectivity index (χ0n) is 22.7. The highest BCUT2D eigenvalue weighted by molar-refractivity contribution is 6.32. The molecule has 1 N–H and O–H groups in total. The van der Waals surface area contributed by atoms with Crippen molar-refractivity contribution in [3.8, 4) is 6.07 Å². The van der Waals surface area contributed by atoms with Crippen LogP contribution >= 0.6 is 11.6 Å². The number of nitrogens with zero attached hydrogens (tertiary/aromatic N) is 6. The minimum Gasteiger partial charge on any atom is -0.444 e. The number of benzene rings is 1. The number of anilines is 1. The van der Waals surface area contributed by atoms with E-state index in [1.165, 1.54) is 6.20 Å². The normalized spacial score (nSPS) is 13.7. The molecule has 11 heteroatoms. The summed E-state index contributed by atoms with van der Waals surface area (Å²) in [4.78, 5) is 37.1. The molecule has 0 radical (unpaired) electrons. The first-order chi connectivity index (χ1) is 18.0. The Balaban J connectivity index is 1.60. The number of hydrogen-bond donors (Lipinski definition) is 1. The van der Waals surface area contributed by atoms with Crippen LogP contribution in [0.3, 0.4) is 0 Å². The molecular weight excluding hydrogens is 506 g/mol. The molecule has 1 aliphatic carbocycles. The molecule has 0 saturated heterocycles. The minimum absolute atomic E-state index is 0.00703. The zero-order valence-corrected chi connectivity index (χ0v) is 23.5. The van der Waals surface area contributed by atoms with Gasteiger partial charge >= 0.3 is 6.09 Å². The van der Waals surface area contributed by atoms with Crippen LogP contribution in [-0.2, 0) is 11.3 Å². The van der Waals surface area contributed by atoms with Crippen molar-refractivity contribution in [2.45, 2.75) is 64.6 Å². The van der Waals surface area contributed by atoms with Gasteiger partial charge in [0.2, 0.25) is 5.82 Å². The number of likely N-dealkylation sites (N-methyl/N-ethyl adjacent to an activating group) is 2. The van der Waals surface area contributed by atoms with Gasteiger partial charge in [-0.3, -0.25) is 15.2 Å². The fourth-order valence-corrected chi connectivity index (χ4v) is 4.32. The molecule has 0 bridgehead atoms. The van der Waals surface area contributed by atoms with Gasteiger partial charge in [0, 0.05) is 32.2 Å². The highest BCUT2D eigenvalue weighted by Gasteiger charge is 2.28. The molecule has 0 atom stereocenters. The lowest BCUT2D eigenvalue weighted by Gasteiger charge is -2.30. The van der Waals surface area contributed by atoms with Crippen LogP contribution in [0.4, 0.5) is 10.6 Å². The number of halogens is 1. The van der Waals surface area contributed by atoms with E-state index >= 15 is 0 Å². The number of nitrogens with one attached hydrogen (secondary N) is 1. The van der Waals surface area contributed by atoms with Crippen LogP contribution < -0.4 is 10.4 Å². The fourth-order valence-electron chi connectivity index (χ4n) is 4.14. The zero-order chi connectivity index (χ0) is 27.9. The Labute approximate surface area is 229 Å². The Morgan fingerprint density at radius 2 is 1.82 bits per heavy atom. The monoisotopic (exact) mass is 541 g/mol. The number of hydrazine groups is 1. The van der Waals surface area contributed by atoms with E-state index < -0.39 is 5.60 Å². The maximum absolute atomic E-state index is 13.2. The van der Waals surface area contributed by atoms with E-state index in [4.69, 9.17) is 16.3 Å². The van der Waals surface area contributed by atoms with E-state index in [0.717, 1.165) is 31.2 Å². The average molecular weight is 542 g/mol. The van der Waals surface area contributed by atoms with Gasteiger partial charge in [-0.1, -0.05) is 36.6 Å². The molecule has 1 aliphatic rings.